The Morgan fingerprint density at radius 1 is 0.422 bits per heavy atom. The van der Waals surface area contributed by atoms with Crippen LogP contribution in [0.25, 0.3) is 0 Å². The van der Waals surface area contributed by atoms with Crippen LogP contribution in [0.4, 0.5) is 0 Å². The van der Waals surface area contributed by atoms with E-state index in [2.05, 4.69) is 43.5 Å². The predicted molar refractivity (Wildman–Crippen MR) is 278 cm³/mol. The van der Waals surface area contributed by atoms with Crippen LogP contribution in [0.3, 0.4) is 0 Å². The molecule has 0 aromatic heterocycles. The number of aliphatic hydroxyl groups is 2. The molecule has 0 spiro atoms. The van der Waals surface area contributed by atoms with E-state index in [0.717, 1.165) is 70.6 Å². The highest BCUT2D eigenvalue weighted by Gasteiger charge is 2.18. The van der Waals surface area contributed by atoms with E-state index in [1.807, 2.05) is 6.08 Å². The van der Waals surface area contributed by atoms with Gasteiger partial charge in [-0.25, -0.2) is 0 Å². The smallest absolute Gasteiger partial charge is 0.305 e. The first-order valence-electron chi connectivity index (χ1n) is 28.3. The molecular weight excluding hydrogens is 791 g/mol. The molecule has 0 bridgehead atoms. The fourth-order valence-corrected chi connectivity index (χ4v) is 8.51. The number of aliphatic hydroxyl groups excluding tert-OH is 2. The topological polar surface area (TPSA) is 95.9 Å². The van der Waals surface area contributed by atoms with Crippen LogP contribution in [0.15, 0.2) is 36.5 Å². The first kappa shape index (κ1) is 62.1. The predicted octanol–water partition coefficient (Wildman–Crippen LogP) is 17.2. The molecule has 6 nitrogen and oxygen atoms in total. The number of esters is 1. The van der Waals surface area contributed by atoms with Gasteiger partial charge in [0, 0.05) is 12.8 Å². The van der Waals surface area contributed by atoms with Gasteiger partial charge >= 0.3 is 5.97 Å². The summed E-state index contributed by atoms with van der Waals surface area (Å²) in [4.78, 5) is 24.5. The Hall–Kier alpha value is -1.92. The van der Waals surface area contributed by atoms with Crippen LogP contribution in [0, 0.1) is 0 Å². The average molecular weight is 901 g/mol. The molecular formula is C58H109NO5. The van der Waals surface area contributed by atoms with Gasteiger partial charge in [0.2, 0.25) is 5.91 Å². The second-order valence-electron chi connectivity index (χ2n) is 19.3. The lowest BCUT2D eigenvalue weighted by atomic mass is 10.0. The zero-order valence-corrected chi connectivity index (χ0v) is 42.8. The number of unbranched alkanes of at least 4 members (excludes halogenated alkanes) is 37. The summed E-state index contributed by atoms with van der Waals surface area (Å²) in [5.41, 5.74) is 0. The van der Waals surface area contributed by atoms with Crippen LogP contribution >= 0.6 is 0 Å². The van der Waals surface area contributed by atoms with Crippen LogP contribution in [-0.4, -0.2) is 47.4 Å². The first-order chi connectivity index (χ1) is 31.5. The number of ether oxygens (including phenoxy) is 1. The standard InChI is InChI=1S/C58H109NO5/c1-3-5-7-9-11-13-15-17-19-21-23-24-25-27-29-31-34-38-42-46-50-56(61)55(54-60)59-57(62)51-47-43-39-35-33-37-41-45-49-53-64-58(63)52-48-44-40-36-32-30-28-26-22-20-18-16-14-12-10-8-6-4-2/h20,22,35,39,46,50,55-56,60-61H,3-19,21,23-34,36-38,40-45,47-49,51-54H2,1-2H3,(H,59,62)/b22-20-,39-35-,50-46+. The summed E-state index contributed by atoms with van der Waals surface area (Å²) in [5.74, 6) is -0.168. The number of amides is 1. The molecule has 0 fully saturated rings. The molecule has 0 aliphatic rings. The molecule has 3 N–H and O–H groups in total. The lowest BCUT2D eigenvalue weighted by molar-refractivity contribution is -0.143. The summed E-state index contributed by atoms with van der Waals surface area (Å²) >= 11 is 0. The third-order valence-electron chi connectivity index (χ3n) is 12.9. The Morgan fingerprint density at radius 2 is 0.750 bits per heavy atom. The molecule has 0 heterocycles. The van der Waals surface area contributed by atoms with Crippen molar-refractivity contribution in [1.29, 1.82) is 0 Å². The van der Waals surface area contributed by atoms with Crippen molar-refractivity contribution < 1.29 is 24.5 Å². The van der Waals surface area contributed by atoms with E-state index < -0.39 is 12.1 Å². The number of allylic oxidation sites excluding steroid dienone is 5. The maximum Gasteiger partial charge on any atom is 0.305 e. The van der Waals surface area contributed by atoms with E-state index in [4.69, 9.17) is 4.74 Å². The molecule has 376 valence electrons. The number of hydrogen-bond acceptors (Lipinski definition) is 5. The van der Waals surface area contributed by atoms with Gasteiger partial charge in [-0.05, 0) is 77.0 Å². The maximum atomic E-state index is 12.4. The highest BCUT2D eigenvalue weighted by molar-refractivity contribution is 5.76. The summed E-state index contributed by atoms with van der Waals surface area (Å²) in [7, 11) is 0. The number of rotatable bonds is 52. The minimum atomic E-state index is -0.877. The molecule has 6 heteroatoms. The van der Waals surface area contributed by atoms with E-state index in [0.29, 0.717) is 19.4 Å². The quantitative estimate of drug-likeness (QED) is 0.0321. The van der Waals surface area contributed by atoms with Crippen molar-refractivity contribution in [3.63, 3.8) is 0 Å². The van der Waals surface area contributed by atoms with Crippen LogP contribution in [-0.2, 0) is 14.3 Å². The van der Waals surface area contributed by atoms with Gasteiger partial charge in [0.05, 0.1) is 25.4 Å². The Bertz CT molecular complexity index is 1040. The second kappa shape index (κ2) is 53.7. The Labute approximate surface area is 398 Å². The van der Waals surface area contributed by atoms with E-state index in [-0.39, 0.29) is 18.5 Å². The van der Waals surface area contributed by atoms with Gasteiger partial charge in [0.1, 0.15) is 0 Å². The molecule has 0 aliphatic heterocycles. The van der Waals surface area contributed by atoms with E-state index >= 15 is 0 Å². The minimum absolute atomic E-state index is 0.0408. The summed E-state index contributed by atoms with van der Waals surface area (Å²) in [6.45, 7) is 4.82. The second-order valence-corrected chi connectivity index (χ2v) is 19.3. The molecule has 0 radical (unpaired) electrons. The van der Waals surface area contributed by atoms with Crippen molar-refractivity contribution in [1.82, 2.24) is 5.32 Å². The number of nitrogens with one attached hydrogen (secondary N) is 1. The van der Waals surface area contributed by atoms with Crippen molar-refractivity contribution in [2.45, 2.75) is 309 Å². The van der Waals surface area contributed by atoms with Crippen molar-refractivity contribution >= 4 is 11.9 Å². The number of carbonyl (C=O) groups is 2. The van der Waals surface area contributed by atoms with Gasteiger partial charge < -0.3 is 20.3 Å². The lowest BCUT2D eigenvalue weighted by Gasteiger charge is -2.19. The first-order valence-corrected chi connectivity index (χ1v) is 28.3. The van der Waals surface area contributed by atoms with Gasteiger partial charge in [0.15, 0.2) is 0 Å². The summed E-state index contributed by atoms with van der Waals surface area (Å²) < 4.78 is 5.45. The molecule has 2 atom stereocenters. The average Bonchev–Trinajstić information content (AvgIpc) is 3.29. The summed E-state index contributed by atoms with van der Waals surface area (Å²) in [6.07, 6.45) is 66.0. The van der Waals surface area contributed by atoms with Gasteiger partial charge in [-0.1, -0.05) is 243 Å². The summed E-state index contributed by atoms with van der Waals surface area (Å²) in [6, 6.07) is -0.667. The highest BCUT2D eigenvalue weighted by atomic mass is 16.5. The fourth-order valence-electron chi connectivity index (χ4n) is 8.51. The van der Waals surface area contributed by atoms with Gasteiger partial charge in [-0.2, -0.15) is 0 Å². The fraction of sp³-hybridized carbons (Fsp3) is 0.862. The molecule has 0 aliphatic carbocycles. The Balaban J connectivity index is 3.56. The number of carbonyl (C=O) groups excluding carboxylic acids is 2. The Kier molecular flexibility index (Phi) is 52.1. The zero-order valence-electron chi connectivity index (χ0n) is 42.8. The third-order valence-corrected chi connectivity index (χ3v) is 12.9. The largest absolute Gasteiger partial charge is 0.466 e. The van der Waals surface area contributed by atoms with Gasteiger partial charge in [-0.3, -0.25) is 9.59 Å². The molecule has 0 saturated carbocycles. The van der Waals surface area contributed by atoms with Crippen molar-refractivity contribution in [2.24, 2.45) is 0 Å². The maximum absolute atomic E-state index is 12.4. The van der Waals surface area contributed by atoms with E-state index in [1.165, 1.54) is 199 Å². The molecule has 0 rings (SSSR count). The number of hydrogen-bond donors (Lipinski definition) is 3. The molecule has 64 heavy (non-hydrogen) atoms. The van der Waals surface area contributed by atoms with E-state index in [9.17, 15) is 19.8 Å². The van der Waals surface area contributed by atoms with Crippen LogP contribution < -0.4 is 5.32 Å². The third kappa shape index (κ3) is 49.5. The van der Waals surface area contributed by atoms with Crippen molar-refractivity contribution in [2.75, 3.05) is 13.2 Å². The van der Waals surface area contributed by atoms with Crippen LogP contribution in [0.2, 0.25) is 0 Å². The zero-order chi connectivity index (χ0) is 46.5. The molecule has 0 aromatic rings. The molecule has 1 amide bonds. The lowest BCUT2D eigenvalue weighted by Crippen LogP contribution is -2.45. The van der Waals surface area contributed by atoms with Gasteiger partial charge in [0.25, 0.3) is 0 Å². The Morgan fingerprint density at radius 3 is 1.14 bits per heavy atom. The monoisotopic (exact) mass is 900 g/mol. The SMILES string of the molecule is CCCCCCCCC/C=C\CCCCCCCCCC(=O)OCCCCCC/C=C\CCCC(=O)NC(CO)C(O)/C=C/CCCCCCCCCCCCCCCCCCCC. The minimum Gasteiger partial charge on any atom is -0.466 e. The van der Waals surface area contributed by atoms with Crippen molar-refractivity contribution in [3.8, 4) is 0 Å². The summed E-state index contributed by atoms with van der Waals surface area (Å²) in [5, 5.41) is 23.1. The van der Waals surface area contributed by atoms with Crippen LogP contribution in [0.5, 0.6) is 0 Å². The highest BCUT2D eigenvalue weighted by Crippen LogP contribution is 2.16. The van der Waals surface area contributed by atoms with Crippen LogP contribution in [0.1, 0.15) is 296 Å². The molecule has 0 saturated heterocycles. The molecule has 2 unspecified atom stereocenters. The van der Waals surface area contributed by atoms with Crippen molar-refractivity contribution in [3.05, 3.63) is 36.5 Å². The van der Waals surface area contributed by atoms with Gasteiger partial charge in [-0.15, -0.1) is 0 Å². The normalized spacial score (nSPS) is 12.9. The van der Waals surface area contributed by atoms with E-state index in [1.54, 1.807) is 6.08 Å². The molecule has 0 aromatic carbocycles.